The molecule has 0 aromatic carbocycles. The van der Waals surface area contributed by atoms with E-state index in [1.807, 2.05) is 18.3 Å². The van der Waals surface area contributed by atoms with Crippen LogP contribution in [0.1, 0.15) is 0 Å². The van der Waals surface area contributed by atoms with Gasteiger partial charge in [-0.2, -0.15) is 0 Å². The molecule has 1 fully saturated rings. The lowest BCUT2D eigenvalue weighted by Crippen LogP contribution is -2.43. The van der Waals surface area contributed by atoms with Crippen LogP contribution in [0.15, 0.2) is 36.8 Å². The number of hydrogen-bond donors (Lipinski definition) is 2. The monoisotopic (exact) mass is 288 g/mol. The molecule has 0 unspecified atom stereocenters. The van der Waals surface area contributed by atoms with E-state index in [0.29, 0.717) is 11.6 Å². The minimum Gasteiger partial charge on any atom is -0.439 e. The van der Waals surface area contributed by atoms with Crippen LogP contribution in [0.25, 0.3) is 0 Å². The predicted molar refractivity (Wildman–Crippen MR) is 81.0 cm³/mol. The van der Waals surface area contributed by atoms with Crippen molar-refractivity contribution in [2.24, 2.45) is 0 Å². The summed E-state index contributed by atoms with van der Waals surface area (Å²) in [4.78, 5) is 9.56. The fourth-order valence-electron chi connectivity index (χ4n) is 2.17. The molecule has 5 nitrogen and oxygen atoms in total. The summed E-state index contributed by atoms with van der Waals surface area (Å²) in [7, 11) is 0. The molecule has 1 aliphatic heterocycles. The van der Waals surface area contributed by atoms with E-state index in [1.165, 1.54) is 0 Å². The normalized spacial score (nSPS) is 15.1. The zero-order chi connectivity index (χ0) is 13.8. The van der Waals surface area contributed by atoms with Crippen LogP contribution in [-0.4, -0.2) is 36.1 Å². The van der Waals surface area contributed by atoms with Gasteiger partial charge in [-0.1, -0.05) is 12.2 Å². The van der Waals surface area contributed by atoms with Crippen molar-refractivity contribution in [3.05, 3.63) is 41.3 Å². The van der Waals surface area contributed by atoms with Crippen LogP contribution in [0.5, 0.6) is 11.6 Å². The first-order valence-corrected chi connectivity index (χ1v) is 6.99. The van der Waals surface area contributed by atoms with Crippen LogP contribution in [0, 0.1) is 4.51 Å². The third kappa shape index (κ3) is 3.15. The van der Waals surface area contributed by atoms with E-state index < -0.39 is 0 Å². The molecular weight excluding hydrogens is 272 g/mol. The average Bonchev–Trinajstić information content (AvgIpc) is 2.48. The maximum absolute atomic E-state index is 5.76. The Morgan fingerprint density at radius 2 is 2.05 bits per heavy atom. The van der Waals surface area contributed by atoms with Gasteiger partial charge in [0.15, 0.2) is 5.88 Å². The summed E-state index contributed by atoms with van der Waals surface area (Å²) in [5, 5.41) is 3.34. The lowest BCUT2D eigenvalue weighted by molar-refractivity contribution is 0.460. The van der Waals surface area contributed by atoms with E-state index in [1.54, 1.807) is 18.5 Å². The van der Waals surface area contributed by atoms with Gasteiger partial charge >= 0.3 is 0 Å². The second-order valence-corrected chi connectivity index (χ2v) is 5.08. The number of nitrogens with zero attached hydrogens (tertiary/aromatic N) is 2. The van der Waals surface area contributed by atoms with Gasteiger partial charge in [0.1, 0.15) is 5.75 Å². The van der Waals surface area contributed by atoms with Gasteiger partial charge < -0.3 is 19.9 Å². The Labute approximate surface area is 122 Å². The predicted octanol–water partition coefficient (Wildman–Crippen LogP) is 2.34. The van der Waals surface area contributed by atoms with Crippen LogP contribution in [-0.2, 0) is 0 Å². The molecular formula is C14H16N4OS. The molecule has 2 aromatic heterocycles. The third-order valence-electron chi connectivity index (χ3n) is 3.16. The van der Waals surface area contributed by atoms with Crippen molar-refractivity contribution in [1.82, 2.24) is 15.3 Å². The van der Waals surface area contributed by atoms with E-state index in [2.05, 4.69) is 20.2 Å². The fourth-order valence-corrected chi connectivity index (χ4v) is 2.35. The summed E-state index contributed by atoms with van der Waals surface area (Å²) in [6.07, 6.45) is 5.34. The number of aromatic amines is 1. The molecule has 0 spiro atoms. The Morgan fingerprint density at radius 3 is 2.85 bits per heavy atom. The minimum absolute atomic E-state index is 0.622. The number of hydrogen-bond acceptors (Lipinski definition) is 5. The topological polar surface area (TPSA) is 53.2 Å². The van der Waals surface area contributed by atoms with Gasteiger partial charge in [0.2, 0.25) is 0 Å². The van der Waals surface area contributed by atoms with Gasteiger partial charge in [0, 0.05) is 49.0 Å². The van der Waals surface area contributed by atoms with Crippen LogP contribution in [0.3, 0.4) is 0 Å². The number of ether oxygens (including phenoxy) is 1. The van der Waals surface area contributed by atoms with Crippen LogP contribution in [0.4, 0.5) is 5.69 Å². The maximum Gasteiger partial charge on any atom is 0.198 e. The molecule has 0 atom stereocenters. The zero-order valence-corrected chi connectivity index (χ0v) is 11.8. The molecule has 1 saturated heterocycles. The summed E-state index contributed by atoms with van der Waals surface area (Å²) in [6, 6.07) is 5.60. The summed E-state index contributed by atoms with van der Waals surface area (Å²) >= 11 is 5.11. The highest BCUT2D eigenvalue weighted by Crippen LogP contribution is 2.23. The maximum atomic E-state index is 5.76. The van der Waals surface area contributed by atoms with Crippen molar-refractivity contribution in [1.29, 1.82) is 0 Å². The summed E-state index contributed by atoms with van der Waals surface area (Å²) in [5.74, 6) is 1.33. The van der Waals surface area contributed by atoms with Crippen LogP contribution < -0.4 is 15.0 Å². The van der Waals surface area contributed by atoms with Gasteiger partial charge in [-0.05, 0) is 6.07 Å². The smallest absolute Gasteiger partial charge is 0.198 e. The second kappa shape index (κ2) is 6.02. The lowest BCUT2D eigenvalue weighted by Gasteiger charge is -2.29. The Bertz CT molecular complexity index is 637. The molecule has 0 radical (unpaired) electrons. The molecule has 3 rings (SSSR count). The SMILES string of the molecule is S=c1cc[nH]c(Oc2cncc(N3CCNCC3)c2)c1. The molecule has 0 aliphatic carbocycles. The lowest BCUT2D eigenvalue weighted by atomic mass is 10.3. The van der Waals surface area contributed by atoms with E-state index in [9.17, 15) is 0 Å². The average molecular weight is 288 g/mol. The summed E-state index contributed by atoms with van der Waals surface area (Å²) < 4.78 is 6.50. The van der Waals surface area contributed by atoms with Crippen LogP contribution in [0.2, 0.25) is 0 Å². The number of pyridine rings is 2. The standard InChI is InChI=1S/C14H16N4OS/c20-13-1-2-17-14(8-13)19-12-7-11(9-16-10-12)18-5-3-15-4-6-18/h1-2,7-10,15H,3-6H2,(H,17,20). The number of aromatic nitrogens is 2. The molecule has 1 aliphatic rings. The Hall–Kier alpha value is -1.92. The molecule has 104 valence electrons. The summed E-state index contributed by atoms with van der Waals surface area (Å²) in [5.41, 5.74) is 1.08. The molecule has 0 saturated carbocycles. The number of anilines is 1. The van der Waals surface area contributed by atoms with Crippen molar-refractivity contribution in [3.8, 4) is 11.6 Å². The first kappa shape index (κ1) is 13.1. The minimum atomic E-state index is 0.622. The summed E-state index contributed by atoms with van der Waals surface area (Å²) in [6.45, 7) is 3.96. The highest BCUT2D eigenvalue weighted by atomic mass is 32.1. The van der Waals surface area contributed by atoms with Gasteiger partial charge in [0.05, 0.1) is 18.1 Å². The zero-order valence-electron chi connectivity index (χ0n) is 11.0. The quantitative estimate of drug-likeness (QED) is 0.849. The Balaban J connectivity index is 1.78. The molecule has 3 heterocycles. The second-order valence-electron chi connectivity index (χ2n) is 4.61. The van der Waals surface area contributed by atoms with Gasteiger partial charge in [-0.25, -0.2) is 0 Å². The van der Waals surface area contributed by atoms with Crippen molar-refractivity contribution >= 4 is 17.9 Å². The van der Waals surface area contributed by atoms with E-state index in [-0.39, 0.29) is 0 Å². The molecule has 6 heteroatoms. The highest BCUT2D eigenvalue weighted by Gasteiger charge is 2.11. The van der Waals surface area contributed by atoms with Crippen LogP contribution >= 0.6 is 12.2 Å². The van der Waals surface area contributed by atoms with Crippen molar-refractivity contribution in [3.63, 3.8) is 0 Å². The third-order valence-corrected chi connectivity index (χ3v) is 3.41. The highest BCUT2D eigenvalue weighted by molar-refractivity contribution is 7.71. The van der Waals surface area contributed by atoms with Gasteiger partial charge in [0.25, 0.3) is 0 Å². The van der Waals surface area contributed by atoms with Crippen molar-refractivity contribution < 1.29 is 4.74 Å². The van der Waals surface area contributed by atoms with Gasteiger partial charge in [-0.15, -0.1) is 0 Å². The number of H-pyrrole nitrogens is 1. The Morgan fingerprint density at radius 1 is 1.20 bits per heavy atom. The molecule has 0 bridgehead atoms. The van der Waals surface area contributed by atoms with E-state index >= 15 is 0 Å². The van der Waals surface area contributed by atoms with Crippen molar-refractivity contribution in [2.45, 2.75) is 0 Å². The molecule has 2 aromatic rings. The fraction of sp³-hybridized carbons (Fsp3) is 0.286. The number of nitrogens with one attached hydrogen (secondary N) is 2. The molecule has 2 N–H and O–H groups in total. The van der Waals surface area contributed by atoms with E-state index in [4.69, 9.17) is 17.0 Å². The van der Waals surface area contributed by atoms with Crippen molar-refractivity contribution in [2.75, 3.05) is 31.1 Å². The van der Waals surface area contributed by atoms with E-state index in [0.717, 1.165) is 36.4 Å². The number of rotatable bonds is 3. The number of piperazine rings is 1. The molecule has 20 heavy (non-hydrogen) atoms. The van der Waals surface area contributed by atoms with Gasteiger partial charge in [-0.3, -0.25) is 4.98 Å². The largest absolute Gasteiger partial charge is 0.439 e. The molecule has 0 amide bonds. The first-order valence-electron chi connectivity index (χ1n) is 6.58. The first-order chi connectivity index (χ1) is 9.81. The Kier molecular flexibility index (Phi) is 3.94.